The fourth-order valence-electron chi connectivity index (χ4n) is 0.414. The van der Waals surface area contributed by atoms with E-state index in [1.807, 2.05) is 0 Å². The second-order valence-corrected chi connectivity index (χ2v) is 2.75. The lowest BCUT2D eigenvalue weighted by atomic mass is 10.5. The summed E-state index contributed by atoms with van der Waals surface area (Å²) in [7, 11) is 0.444. The smallest absolute Gasteiger partial charge is 0.0285 e. The Bertz CT molecular complexity index is 106. The lowest BCUT2D eigenvalue weighted by Gasteiger charge is -1.70. The van der Waals surface area contributed by atoms with Gasteiger partial charge in [0, 0.05) is 9.13 Å². The van der Waals surface area contributed by atoms with E-state index in [0.29, 0.717) is 9.13 Å². The van der Waals surface area contributed by atoms with Crippen molar-refractivity contribution in [1.82, 2.24) is 0 Å². The van der Waals surface area contributed by atoms with E-state index in [2.05, 4.69) is 24.4 Å². The summed E-state index contributed by atoms with van der Waals surface area (Å²) in [5.74, 6) is 0. The van der Waals surface area contributed by atoms with Crippen LogP contribution in [0.5, 0.6) is 0 Å². The first kappa shape index (κ1) is 3.75. The molecule has 0 aromatic heterocycles. The van der Waals surface area contributed by atoms with E-state index in [1.165, 1.54) is 5.20 Å². The third kappa shape index (κ3) is 0.545. The molecular weight excluding hydrogens is 88.1 g/mol. The molecule has 1 heterocycles. The van der Waals surface area contributed by atoms with Gasteiger partial charge in [-0.15, -0.1) is 0 Å². The van der Waals surface area contributed by atoms with Gasteiger partial charge < -0.3 is 0 Å². The monoisotopic (exact) mass is 94.0 g/mol. The van der Waals surface area contributed by atoms with E-state index in [-0.39, 0.29) is 0 Å². The van der Waals surface area contributed by atoms with Crippen molar-refractivity contribution < 1.29 is 0 Å². The van der Waals surface area contributed by atoms with Gasteiger partial charge >= 0.3 is 0 Å². The maximum atomic E-state index is 3.77. The fourth-order valence-corrected chi connectivity index (χ4v) is 1.11. The van der Waals surface area contributed by atoms with Crippen LogP contribution in [-0.2, 0) is 0 Å². The van der Waals surface area contributed by atoms with Gasteiger partial charge in [0.2, 0.25) is 0 Å². The summed E-state index contributed by atoms with van der Waals surface area (Å²) in [5, 5.41) is 1.30. The Labute approximate surface area is 39.6 Å². The topological polar surface area (TPSA) is 0 Å². The van der Waals surface area contributed by atoms with Crippen molar-refractivity contribution in [1.29, 1.82) is 0 Å². The first-order valence-corrected chi connectivity index (χ1v) is 3.17. The lowest BCUT2D eigenvalue weighted by Crippen LogP contribution is -1.70. The molecule has 0 fully saturated rings. The highest BCUT2D eigenvalue weighted by Gasteiger charge is 1.81. The zero-order valence-corrected chi connectivity index (χ0v) is 4.67. The van der Waals surface area contributed by atoms with Crippen molar-refractivity contribution in [3.63, 3.8) is 0 Å². The van der Waals surface area contributed by atoms with E-state index in [0.717, 1.165) is 0 Å². The molecule has 0 aromatic carbocycles. The van der Waals surface area contributed by atoms with Crippen molar-refractivity contribution in [2.75, 3.05) is 0 Å². The third-order valence-corrected chi connectivity index (χ3v) is 1.77. The Morgan fingerprint density at radius 1 is 1.67 bits per heavy atom. The summed E-state index contributed by atoms with van der Waals surface area (Å²) in [5.41, 5.74) is 2.18. The molecule has 0 amide bonds. The molecule has 0 aliphatic carbocycles. The fraction of sp³-hybridized carbons (Fsp3) is 0. The Hall–Kier alpha value is -0.433. The number of hydrogen-bond donors (Lipinski definition) is 0. The van der Waals surface area contributed by atoms with Gasteiger partial charge in [0.05, 0.1) is 0 Å². The molecule has 1 aliphatic heterocycles. The molecule has 0 nitrogen and oxygen atoms in total. The molecule has 0 aromatic rings. The Morgan fingerprint density at radius 3 is 2.67 bits per heavy atom. The van der Waals surface area contributed by atoms with Gasteiger partial charge in [-0.2, -0.15) is 0 Å². The van der Waals surface area contributed by atoms with Crippen LogP contribution in [0.25, 0.3) is 0 Å². The van der Waals surface area contributed by atoms with Crippen LogP contribution in [0.3, 0.4) is 0 Å². The minimum absolute atomic E-state index is 0.444. The van der Waals surface area contributed by atoms with Crippen LogP contribution in [-0.4, -0.2) is 14.8 Å². The van der Waals surface area contributed by atoms with Crippen LogP contribution in [0, 0.1) is 0 Å². The third-order valence-electron chi connectivity index (χ3n) is 0.732. The molecule has 0 saturated heterocycles. The molecule has 0 radical (unpaired) electrons. The predicted molar refractivity (Wildman–Crippen MR) is 31.5 cm³/mol. The van der Waals surface area contributed by atoms with E-state index in [1.54, 1.807) is 0 Å². The molecule has 30 valence electrons. The van der Waals surface area contributed by atoms with Crippen LogP contribution in [0.4, 0.5) is 0 Å². The van der Waals surface area contributed by atoms with Gasteiger partial charge in [-0.1, -0.05) is 29.6 Å². The molecule has 0 atom stereocenters. The van der Waals surface area contributed by atoms with Crippen LogP contribution in [0.15, 0.2) is 23.9 Å². The summed E-state index contributed by atoms with van der Waals surface area (Å²) >= 11 is 0. The zero-order valence-electron chi connectivity index (χ0n) is 3.52. The molecule has 0 spiro atoms. The number of allylic oxidation sites excluding steroid dienone is 3. The molecule has 1 aliphatic rings. The van der Waals surface area contributed by atoms with Gasteiger partial charge in [0.1, 0.15) is 0 Å². The molecule has 0 N–H and O–H groups in total. The van der Waals surface area contributed by atoms with Crippen LogP contribution in [0.1, 0.15) is 0 Å². The van der Waals surface area contributed by atoms with Gasteiger partial charge in [-0.25, -0.2) is 0 Å². The van der Waals surface area contributed by atoms with Crippen LogP contribution >= 0.6 is 0 Å². The van der Waals surface area contributed by atoms with Crippen LogP contribution in [0.2, 0.25) is 0 Å². The van der Waals surface area contributed by atoms with Gasteiger partial charge in [0.15, 0.2) is 0 Å². The first-order chi connectivity index (χ1) is 2.89. The Morgan fingerprint density at radius 2 is 2.50 bits per heavy atom. The second kappa shape index (κ2) is 1.35. The summed E-state index contributed by atoms with van der Waals surface area (Å²) in [6, 6.07) is 0. The van der Waals surface area contributed by atoms with E-state index in [4.69, 9.17) is 0 Å². The number of hydrogen-bond acceptors (Lipinski definition) is 0. The maximum absolute atomic E-state index is 3.77. The largest absolute Gasteiger partial charge is 0.0965 e. The van der Waals surface area contributed by atoms with Gasteiger partial charge in [0.25, 0.3) is 0 Å². The zero-order chi connectivity index (χ0) is 4.41. The quantitative estimate of drug-likeness (QED) is 0.379. The standard InChI is InChI=1S/C5H6Si/c1-5-3-2-4-6-5/h2-4,6H,1H2. The van der Waals surface area contributed by atoms with Gasteiger partial charge in [-0.3, -0.25) is 0 Å². The average Bonchev–Trinajstić information content (AvgIpc) is 1.86. The molecule has 1 heteroatoms. The van der Waals surface area contributed by atoms with Crippen LogP contribution < -0.4 is 0 Å². The van der Waals surface area contributed by atoms with Crippen molar-refractivity contribution in [3.05, 3.63) is 23.9 Å². The summed E-state index contributed by atoms with van der Waals surface area (Å²) in [6.45, 7) is 3.77. The van der Waals surface area contributed by atoms with Crippen molar-refractivity contribution in [3.8, 4) is 0 Å². The second-order valence-electron chi connectivity index (χ2n) is 1.29. The lowest BCUT2D eigenvalue weighted by molar-refractivity contribution is 2.02. The Kier molecular flexibility index (Phi) is 0.841. The number of rotatable bonds is 0. The molecule has 1 rings (SSSR count). The first-order valence-electron chi connectivity index (χ1n) is 1.93. The van der Waals surface area contributed by atoms with Crippen molar-refractivity contribution >= 4 is 14.8 Å². The molecule has 0 saturated carbocycles. The van der Waals surface area contributed by atoms with Crippen molar-refractivity contribution in [2.24, 2.45) is 0 Å². The summed E-state index contributed by atoms with van der Waals surface area (Å²) < 4.78 is 0. The highest BCUT2D eigenvalue weighted by molar-refractivity contribution is 6.59. The normalized spacial score (nSPS) is 17.0. The predicted octanol–water partition coefficient (Wildman–Crippen LogP) is 0.309. The molecule has 0 bridgehead atoms. The van der Waals surface area contributed by atoms with Crippen molar-refractivity contribution in [2.45, 2.75) is 0 Å². The minimum Gasteiger partial charge on any atom is -0.0965 e. The van der Waals surface area contributed by atoms with E-state index in [9.17, 15) is 0 Å². The molecule has 6 heavy (non-hydrogen) atoms. The average molecular weight is 94.2 g/mol. The van der Waals surface area contributed by atoms with Gasteiger partial charge in [-0.05, 0) is 0 Å². The highest BCUT2D eigenvalue weighted by atomic mass is 28.2. The Balaban J connectivity index is 2.86. The molecular formula is C5H6Si. The summed E-state index contributed by atoms with van der Waals surface area (Å²) in [6.07, 6.45) is 4.13. The minimum atomic E-state index is 0.444. The van der Waals surface area contributed by atoms with E-state index >= 15 is 0 Å². The maximum Gasteiger partial charge on any atom is 0.0285 e. The molecule has 0 unspecified atom stereocenters. The van der Waals surface area contributed by atoms with E-state index < -0.39 is 0 Å². The highest BCUT2D eigenvalue weighted by Crippen LogP contribution is 1.88. The SMILES string of the molecule is C=C1C=CC=[SiH]1. The summed E-state index contributed by atoms with van der Waals surface area (Å²) in [4.78, 5) is 0.